The number of fused-ring (bicyclic) bond motifs is 1. The molecule has 0 bridgehead atoms. The summed E-state index contributed by atoms with van der Waals surface area (Å²) in [6.07, 6.45) is 3.57. The van der Waals surface area contributed by atoms with E-state index in [9.17, 15) is 4.79 Å². The van der Waals surface area contributed by atoms with Gasteiger partial charge in [0.1, 0.15) is 5.82 Å². The van der Waals surface area contributed by atoms with Crippen molar-refractivity contribution in [3.8, 4) is 17.1 Å². The number of H-pyrrole nitrogens is 1. The molecular formula is C17H12N4O. The van der Waals surface area contributed by atoms with Crippen LogP contribution in [0, 0.1) is 0 Å². The van der Waals surface area contributed by atoms with Crippen LogP contribution in [-0.4, -0.2) is 19.7 Å². The second kappa shape index (κ2) is 4.96. The molecule has 0 aliphatic heterocycles. The average Bonchev–Trinajstić information content (AvgIpc) is 3.09. The lowest BCUT2D eigenvalue weighted by Crippen LogP contribution is -2.10. The summed E-state index contributed by atoms with van der Waals surface area (Å²) in [5, 5.41) is 4.84. The Hall–Kier alpha value is -3.21. The molecule has 2 aromatic heterocycles. The lowest BCUT2D eigenvalue weighted by Gasteiger charge is -2.09. The number of nitrogens with one attached hydrogen (secondary N) is 1. The Balaban J connectivity index is 1.99. The van der Waals surface area contributed by atoms with Crippen LogP contribution in [-0.2, 0) is 0 Å². The number of hydrogen-bond donors (Lipinski definition) is 1. The van der Waals surface area contributed by atoms with Gasteiger partial charge >= 0.3 is 0 Å². The van der Waals surface area contributed by atoms with Gasteiger partial charge in [0.2, 0.25) is 0 Å². The highest BCUT2D eigenvalue weighted by Gasteiger charge is 2.10. The predicted molar refractivity (Wildman–Crippen MR) is 84.9 cm³/mol. The second-order valence-corrected chi connectivity index (χ2v) is 4.90. The fraction of sp³-hybridized carbons (Fsp3) is 0. The summed E-state index contributed by atoms with van der Waals surface area (Å²) >= 11 is 0. The topological polar surface area (TPSA) is 63.6 Å². The maximum absolute atomic E-state index is 12.3. The van der Waals surface area contributed by atoms with E-state index in [1.54, 1.807) is 16.9 Å². The Morgan fingerprint density at radius 2 is 1.77 bits per heavy atom. The Morgan fingerprint density at radius 3 is 2.64 bits per heavy atom. The molecule has 0 spiro atoms. The van der Waals surface area contributed by atoms with Gasteiger partial charge < -0.3 is 4.98 Å². The molecule has 4 rings (SSSR count). The molecule has 0 saturated heterocycles. The molecule has 106 valence electrons. The van der Waals surface area contributed by atoms with E-state index in [0.29, 0.717) is 16.7 Å². The van der Waals surface area contributed by atoms with Gasteiger partial charge in [0, 0.05) is 18.0 Å². The van der Waals surface area contributed by atoms with Crippen LogP contribution in [0.25, 0.3) is 28.0 Å². The fourth-order valence-electron chi connectivity index (χ4n) is 2.50. The molecule has 0 amide bonds. The lowest BCUT2D eigenvalue weighted by molar-refractivity contribution is 0.880. The number of benzene rings is 2. The first kappa shape index (κ1) is 12.5. The minimum atomic E-state index is -0.143. The molecule has 0 aliphatic rings. The van der Waals surface area contributed by atoms with Gasteiger partial charge in [-0.05, 0) is 30.3 Å². The number of nitrogens with zero attached hydrogens (tertiary/aromatic N) is 3. The van der Waals surface area contributed by atoms with Crippen molar-refractivity contribution in [2.45, 2.75) is 0 Å². The number of aromatic amines is 1. The Kier molecular flexibility index (Phi) is 2.83. The van der Waals surface area contributed by atoms with Gasteiger partial charge in [-0.2, -0.15) is 5.10 Å². The van der Waals surface area contributed by atoms with Crippen LogP contribution in [0.5, 0.6) is 0 Å². The summed E-state index contributed by atoms with van der Waals surface area (Å²) in [6.45, 7) is 0. The van der Waals surface area contributed by atoms with Crippen LogP contribution >= 0.6 is 0 Å². The molecule has 0 saturated carbocycles. The monoisotopic (exact) mass is 288 g/mol. The van der Waals surface area contributed by atoms with Crippen molar-refractivity contribution >= 4 is 10.9 Å². The van der Waals surface area contributed by atoms with E-state index in [0.717, 1.165) is 11.3 Å². The van der Waals surface area contributed by atoms with Gasteiger partial charge in [0.05, 0.1) is 16.6 Å². The molecule has 0 radical (unpaired) electrons. The van der Waals surface area contributed by atoms with Gasteiger partial charge in [-0.15, -0.1) is 0 Å². The third-order valence-electron chi connectivity index (χ3n) is 3.52. The van der Waals surface area contributed by atoms with Crippen molar-refractivity contribution in [2.75, 3.05) is 0 Å². The summed E-state index contributed by atoms with van der Waals surface area (Å²) in [5.41, 5.74) is 2.23. The second-order valence-electron chi connectivity index (χ2n) is 4.90. The van der Waals surface area contributed by atoms with Crippen LogP contribution < -0.4 is 5.56 Å². The van der Waals surface area contributed by atoms with Crippen LogP contribution in [0.4, 0.5) is 0 Å². The van der Waals surface area contributed by atoms with Crippen molar-refractivity contribution < 1.29 is 0 Å². The molecule has 0 fully saturated rings. The zero-order chi connectivity index (χ0) is 14.9. The number of para-hydroxylation sites is 2. The van der Waals surface area contributed by atoms with E-state index in [1.165, 1.54) is 0 Å². The Labute approximate surface area is 125 Å². The van der Waals surface area contributed by atoms with E-state index < -0.39 is 0 Å². The molecule has 5 nitrogen and oxygen atoms in total. The molecule has 1 N–H and O–H groups in total. The Morgan fingerprint density at radius 1 is 0.955 bits per heavy atom. The zero-order valence-electron chi connectivity index (χ0n) is 11.6. The highest BCUT2D eigenvalue weighted by atomic mass is 16.1. The number of aromatic nitrogens is 4. The predicted octanol–water partition coefficient (Wildman–Crippen LogP) is 2.78. The highest BCUT2D eigenvalue weighted by molar-refractivity contribution is 5.80. The van der Waals surface area contributed by atoms with Crippen LogP contribution in [0.1, 0.15) is 0 Å². The largest absolute Gasteiger partial charge is 0.306 e. The molecule has 2 heterocycles. The van der Waals surface area contributed by atoms with Gasteiger partial charge in [-0.3, -0.25) is 4.79 Å². The van der Waals surface area contributed by atoms with Crippen molar-refractivity contribution in [1.29, 1.82) is 0 Å². The van der Waals surface area contributed by atoms with Crippen molar-refractivity contribution in [1.82, 2.24) is 19.7 Å². The van der Waals surface area contributed by atoms with Crippen LogP contribution in [0.15, 0.2) is 71.8 Å². The van der Waals surface area contributed by atoms with Crippen molar-refractivity contribution in [3.63, 3.8) is 0 Å². The van der Waals surface area contributed by atoms with E-state index >= 15 is 0 Å². The van der Waals surface area contributed by atoms with Crippen molar-refractivity contribution in [3.05, 3.63) is 77.3 Å². The smallest absolute Gasteiger partial charge is 0.259 e. The van der Waals surface area contributed by atoms with E-state index in [4.69, 9.17) is 0 Å². The Bertz CT molecular complexity index is 1000. The zero-order valence-corrected chi connectivity index (χ0v) is 11.6. The maximum Gasteiger partial charge on any atom is 0.259 e. The molecule has 0 atom stereocenters. The molecule has 5 heteroatoms. The first-order valence-electron chi connectivity index (χ1n) is 6.91. The fourth-order valence-corrected chi connectivity index (χ4v) is 2.50. The molecule has 22 heavy (non-hydrogen) atoms. The van der Waals surface area contributed by atoms with E-state index in [2.05, 4.69) is 15.1 Å². The van der Waals surface area contributed by atoms with Gasteiger partial charge in [-0.25, -0.2) is 9.67 Å². The molecular weight excluding hydrogens is 276 g/mol. The van der Waals surface area contributed by atoms with E-state index in [-0.39, 0.29) is 5.56 Å². The highest BCUT2D eigenvalue weighted by Crippen LogP contribution is 2.23. The summed E-state index contributed by atoms with van der Waals surface area (Å²) in [6, 6.07) is 16.9. The van der Waals surface area contributed by atoms with E-state index in [1.807, 2.05) is 54.7 Å². The third kappa shape index (κ3) is 2.00. The van der Waals surface area contributed by atoms with Crippen LogP contribution in [0.2, 0.25) is 0 Å². The SMILES string of the molecule is O=c1[nH]c(-c2ccccc2-n2cccn2)nc2ccccc12. The summed E-state index contributed by atoms with van der Waals surface area (Å²) in [7, 11) is 0. The quantitative estimate of drug-likeness (QED) is 0.617. The first-order chi connectivity index (χ1) is 10.8. The van der Waals surface area contributed by atoms with Gasteiger partial charge in [0.25, 0.3) is 5.56 Å². The number of rotatable bonds is 2. The minimum absolute atomic E-state index is 0.143. The number of hydrogen-bond acceptors (Lipinski definition) is 3. The normalized spacial score (nSPS) is 10.9. The average molecular weight is 288 g/mol. The summed E-state index contributed by atoms with van der Waals surface area (Å²) < 4.78 is 1.75. The standard InChI is InChI=1S/C17H12N4O/c22-17-12-6-1-3-8-14(12)19-16(20-17)13-7-2-4-9-15(13)21-11-5-10-18-21/h1-11H,(H,19,20,22). The minimum Gasteiger partial charge on any atom is -0.306 e. The molecule has 0 aliphatic carbocycles. The lowest BCUT2D eigenvalue weighted by atomic mass is 10.1. The summed E-state index contributed by atoms with van der Waals surface area (Å²) in [4.78, 5) is 19.7. The first-order valence-corrected chi connectivity index (χ1v) is 6.91. The molecule has 2 aromatic carbocycles. The summed E-state index contributed by atoms with van der Waals surface area (Å²) in [5.74, 6) is 0.537. The van der Waals surface area contributed by atoms with Gasteiger partial charge in [0.15, 0.2) is 0 Å². The third-order valence-corrected chi connectivity index (χ3v) is 3.52. The van der Waals surface area contributed by atoms with Crippen molar-refractivity contribution in [2.24, 2.45) is 0 Å². The molecule has 4 aromatic rings. The van der Waals surface area contributed by atoms with Gasteiger partial charge in [-0.1, -0.05) is 24.3 Å². The molecule has 0 unspecified atom stereocenters. The maximum atomic E-state index is 12.3. The van der Waals surface area contributed by atoms with Crippen LogP contribution in [0.3, 0.4) is 0 Å².